The summed E-state index contributed by atoms with van der Waals surface area (Å²) in [6.07, 6.45) is 3.90. The lowest BCUT2D eigenvalue weighted by Gasteiger charge is -2.28. The molecule has 0 unspecified atom stereocenters. The molecule has 0 radical (unpaired) electrons. The number of fused-ring (bicyclic) bond motifs is 1. The van der Waals surface area contributed by atoms with E-state index in [0.717, 1.165) is 56.2 Å². The molecule has 5 heterocycles. The lowest BCUT2D eigenvalue weighted by atomic mass is 10.2. The predicted molar refractivity (Wildman–Crippen MR) is 137 cm³/mol. The smallest absolute Gasteiger partial charge is 0.354 e. The Morgan fingerprint density at radius 2 is 1.84 bits per heavy atom. The van der Waals surface area contributed by atoms with Crippen LogP contribution in [0.25, 0.3) is 16.9 Å². The van der Waals surface area contributed by atoms with E-state index in [-0.39, 0.29) is 17.4 Å². The fraction of sp³-hybridized carbons (Fsp3) is 0.385. The number of likely N-dealkylation sites (tertiary alicyclic amines) is 1. The molecule has 2 aliphatic rings. The van der Waals surface area contributed by atoms with E-state index in [1.165, 1.54) is 6.20 Å². The zero-order valence-corrected chi connectivity index (χ0v) is 20.7. The van der Waals surface area contributed by atoms with Gasteiger partial charge in [0.15, 0.2) is 5.65 Å². The monoisotopic (exact) mass is 503 g/mol. The normalized spacial score (nSPS) is 18.6. The summed E-state index contributed by atoms with van der Waals surface area (Å²) in [7, 11) is 1.71. The van der Waals surface area contributed by atoms with Crippen LogP contribution in [0.5, 0.6) is 0 Å². The molecule has 192 valence electrons. The van der Waals surface area contributed by atoms with Gasteiger partial charge in [-0.25, -0.2) is 19.6 Å². The highest BCUT2D eigenvalue weighted by molar-refractivity contribution is 5.85. The maximum absolute atomic E-state index is 13.8. The summed E-state index contributed by atoms with van der Waals surface area (Å²) in [5.41, 5.74) is 3.43. The Kier molecular flexibility index (Phi) is 6.01. The molecule has 0 saturated carbocycles. The summed E-state index contributed by atoms with van der Waals surface area (Å²) in [5.74, 6) is -0.310. The number of nitrogens with zero attached hydrogens (tertiary/aromatic N) is 7. The molecule has 1 N–H and O–H groups in total. The molecule has 4 aromatic rings. The number of carboxylic acids is 1. The van der Waals surface area contributed by atoms with Crippen molar-refractivity contribution in [3.63, 3.8) is 0 Å². The van der Waals surface area contributed by atoms with Crippen LogP contribution < -0.4 is 10.6 Å². The Morgan fingerprint density at radius 3 is 2.57 bits per heavy atom. The van der Waals surface area contributed by atoms with Crippen LogP contribution in [0.1, 0.15) is 28.8 Å². The Labute approximate surface area is 213 Å². The lowest BCUT2D eigenvalue weighted by molar-refractivity contribution is 0.0686. The summed E-state index contributed by atoms with van der Waals surface area (Å²) >= 11 is 0. The fourth-order valence-electron chi connectivity index (χ4n) is 5.42. The molecule has 0 amide bonds. The van der Waals surface area contributed by atoms with E-state index in [4.69, 9.17) is 4.74 Å². The molecule has 3 aromatic heterocycles. The molecule has 11 heteroatoms. The predicted octanol–water partition coefficient (Wildman–Crippen LogP) is 1.90. The van der Waals surface area contributed by atoms with Crippen molar-refractivity contribution in [3.05, 3.63) is 70.8 Å². The Morgan fingerprint density at radius 1 is 1.08 bits per heavy atom. The average molecular weight is 504 g/mol. The van der Waals surface area contributed by atoms with Gasteiger partial charge in [-0.15, -0.1) is 0 Å². The van der Waals surface area contributed by atoms with E-state index in [0.29, 0.717) is 24.6 Å². The number of benzene rings is 1. The van der Waals surface area contributed by atoms with Crippen LogP contribution in [-0.4, -0.2) is 79.0 Å². The maximum Gasteiger partial charge on any atom is 0.354 e. The zero-order valence-electron chi connectivity index (χ0n) is 20.7. The van der Waals surface area contributed by atoms with Crippen molar-refractivity contribution in [2.75, 3.05) is 44.3 Å². The summed E-state index contributed by atoms with van der Waals surface area (Å²) in [4.78, 5) is 38.6. The number of imidazole rings is 2. The lowest BCUT2D eigenvalue weighted by Crippen LogP contribution is -2.36. The van der Waals surface area contributed by atoms with Crippen LogP contribution in [0.3, 0.4) is 0 Å². The van der Waals surface area contributed by atoms with E-state index in [9.17, 15) is 14.7 Å². The highest BCUT2D eigenvalue weighted by atomic mass is 16.5. The topological polar surface area (TPSA) is 111 Å². The summed E-state index contributed by atoms with van der Waals surface area (Å²) < 4.78 is 10.6. The number of carboxylic acid groups (broad SMARTS) is 1. The third kappa shape index (κ3) is 4.19. The van der Waals surface area contributed by atoms with Crippen molar-refractivity contribution in [3.8, 4) is 5.69 Å². The highest BCUT2D eigenvalue weighted by Gasteiger charge is 2.30. The van der Waals surface area contributed by atoms with Gasteiger partial charge in [-0.1, -0.05) is 0 Å². The van der Waals surface area contributed by atoms with Gasteiger partial charge >= 0.3 is 11.7 Å². The van der Waals surface area contributed by atoms with Crippen molar-refractivity contribution in [2.45, 2.75) is 19.0 Å². The van der Waals surface area contributed by atoms with E-state index < -0.39 is 5.97 Å². The van der Waals surface area contributed by atoms with E-state index >= 15 is 0 Å². The van der Waals surface area contributed by atoms with Gasteiger partial charge in [0.25, 0.3) is 0 Å². The minimum absolute atomic E-state index is 0.0435. The molecule has 6 rings (SSSR count). The summed E-state index contributed by atoms with van der Waals surface area (Å²) in [6, 6.07) is 11.8. The number of pyridine rings is 1. The van der Waals surface area contributed by atoms with Crippen LogP contribution in [-0.2, 0) is 18.3 Å². The first-order chi connectivity index (χ1) is 18.0. The number of hydrogen-bond acceptors (Lipinski definition) is 7. The molecule has 2 fully saturated rings. The molecule has 11 nitrogen and oxygen atoms in total. The second-order valence-corrected chi connectivity index (χ2v) is 9.55. The van der Waals surface area contributed by atoms with Crippen molar-refractivity contribution in [2.24, 2.45) is 7.05 Å². The van der Waals surface area contributed by atoms with Crippen molar-refractivity contribution in [1.82, 2.24) is 28.6 Å². The second kappa shape index (κ2) is 9.49. The zero-order chi connectivity index (χ0) is 25.5. The second-order valence-electron chi connectivity index (χ2n) is 9.55. The average Bonchev–Trinajstić information content (AvgIpc) is 3.60. The van der Waals surface area contributed by atoms with Gasteiger partial charge in [-0.3, -0.25) is 14.0 Å². The van der Waals surface area contributed by atoms with Crippen LogP contribution in [0.4, 0.5) is 5.69 Å². The number of hydrogen-bond donors (Lipinski definition) is 1. The van der Waals surface area contributed by atoms with Crippen LogP contribution in [0.15, 0.2) is 53.6 Å². The summed E-state index contributed by atoms with van der Waals surface area (Å²) in [6.45, 7) is 5.11. The number of anilines is 1. The number of rotatable bonds is 6. The number of aromatic carboxylic acids is 1. The van der Waals surface area contributed by atoms with E-state index in [1.54, 1.807) is 22.4 Å². The van der Waals surface area contributed by atoms with Crippen LogP contribution in [0.2, 0.25) is 0 Å². The molecular formula is C26H29N7O4. The van der Waals surface area contributed by atoms with Crippen LogP contribution >= 0.6 is 0 Å². The van der Waals surface area contributed by atoms with E-state index in [2.05, 4.69) is 31.9 Å². The molecule has 0 aliphatic carbocycles. The number of aromatic nitrogens is 5. The van der Waals surface area contributed by atoms with Gasteiger partial charge in [0, 0.05) is 45.1 Å². The minimum Gasteiger partial charge on any atom is -0.477 e. The van der Waals surface area contributed by atoms with Gasteiger partial charge < -0.3 is 19.3 Å². The molecule has 2 saturated heterocycles. The van der Waals surface area contributed by atoms with E-state index in [1.807, 2.05) is 28.8 Å². The standard InChI is InChI=1S/C26H29N7O4/c1-29-22(25(34)35)15-28-23(29)17-30-10-8-20(16-30)33-24-21(3-2-9-27-24)32(26(33)36)19-6-4-18(5-7-19)31-11-13-37-14-12-31/h2-7,9,15,20H,8,10-14,16-17H2,1H3,(H,34,35)/t20-/m0/s1. The van der Waals surface area contributed by atoms with Crippen molar-refractivity contribution < 1.29 is 14.6 Å². The first-order valence-corrected chi connectivity index (χ1v) is 12.5. The van der Waals surface area contributed by atoms with Gasteiger partial charge in [-0.2, -0.15) is 0 Å². The molecule has 2 aliphatic heterocycles. The van der Waals surface area contributed by atoms with Gasteiger partial charge in [0.2, 0.25) is 0 Å². The van der Waals surface area contributed by atoms with Gasteiger partial charge in [0.05, 0.1) is 43.2 Å². The molecule has 37 heavy (non-hydrogen) atoms. The molecular weight excluding hydrogens is 474 g/mol. The minimum atomic E-state index is -0.996. The molecule has 1 aromatic carbocycles. The molecule has 0 spiro atoms. The summed E-state index contributed by atoms with van der Waals surface area (Å²) in [5, 5.41) is 9.31. The van der Waals surface area contributed by atoms with Crippen LogP contribution in [0, 0.1) is 0 Å². The molecule has 1 atom stereocenters. The third-order valence-corrected chi connectivity index (χ3v) is 7.40. The van der Waals surface area contributed by atoms with Crippen molar-refractivity contribution in [1.29, 1.82) is 0 Å². The Hall–Kier alpha value is -3.96. The van der Waals surface area contributed by atoms with Gasteiger partial charge in [-0.05, 0) is 42.8 Å². The number of morpholine rings is 1. The molecule has 0 bridgehead atoms. The van der Waals surface area contributed by atoms with Gasteiger partial charge in [0.1, 0.15) is 11.5 Å². The first-order valence-electron chi connectivity index (χ1n) is 12.5. The Balaban J connectivity index is 1.28. The van der Waals surface area contributed by atoms with Crippen molar-refractivity contribution >= 4 is 22.8 Å². The quantitative estimate of drug-likeness (QED) is 0.425. The number of carbonyl (C=O) groups is 1. The largest absolute Gasteiger partial charge is 0.477 e. The fourth-order valence-corrected chi connectivity index (χ4v) is 5.42. The maximum atomic E-state index is 13.8. The SMILES string of the molecule is Cn1c(C(=O)O)cnc1CN1CC[C@H](n2c(=O)n(-c3ccc(N4CCOCC4)cc3)c3cccnc32)C1. The third-order valence-electron chi connectivity index (χ3n) is 7.40. The highest BCUT2D eigenvalue weighted by Crippen LogP contribution is 2.27. The first kappa shape index (κ1) is 23.4. The number of ether oxygens (including phenoxy) is 1. The Bertz CT molecular complexity index is 1500.